The second kappa shape index (κ2) is 5.10. The molecule has 0 amide bonds. The molecule has 2 aromatic rings. The molecule has 0 saturated carbocycles. The third kappa shape index (κ3) is 2.52. The minimum absolute atomic E-state index is 0.0578. The minimum atomic E-state index is 0.0578. The molecule has 0 bridgehead atoms. The lowest BCUT2D eigenvalue weighted by atomic mass is 9.90. The van der Waals surface area contributed by atoms with Crippen molar-refractivity contribution in [1.82, 2.24) is 0 Å². The summed E-state index contributed by atoms with van der Waals surface area (Å²) in [5.41, 5.74) is 2.44. The molecule has 0 fully saturated rings. The molecule has 0 radical (unpaired) electrons. The van der Waals surface area contributed by atoms with Crippen molar-refractivity contribution in [3.05, 3.63) is 82.6 Å². The Morgan fingerprint density at radius 3 is 2.26 bits per heavy atom. The SMILES string of the molecule is CC1=C[C@@H](c2ccc(Cl)cc2)[C@H](c2ccccc2)O1. The van der Waals surface area contributed by atoms with E-state index in [1.165, 1.54) is 11.1 Å². The fourth-order valence-electron chi connectivity index (χ4n) is 2.53. The van der Waals surface area contributed by atoms with Crippen molar-refractivity contribution in [2.24, 2.45) is 0 Å². The van der Waals surface area contributed by atoms with Crippen LogP contribution in [0.15, 0.2) is 66.4 Å². The summed E-state index contributed by atoms with van der Waals surface area (Å²) in [7, 11) is 0. The van der Waals surface area contributed by atoms with E-state index >= 15 is 0 Å². The van der Waals surface area contributed by atoms with Crippen LogP contribution in [0.25, 0.3) is 0 Å². The predicted octanol–water partition coefficient (Wildman–Crippen LogP) is 5.10. The van der Waals surface area contributed by atoms with Crippen LogP contribution in [-0.4, -0.2) is 0 Å². The van der Waals surface area contributed by atoms with Gasteiger partial charge in [0.25, 0.3) is 0 Å². The van der Waals surface area contributed by atoms with Gasteiger partial charge >= 0.3 is 0 Å². The molecular weight excluding hydrogens is 256 g/mol. The molecule has 1 nitrogen and oxygen atoms in total. The van der Waals surface area contributed by atoms with Gasteiger partial charge in [-0.1, -0.05) is 54.1 Å². The molecule has 2 aromatic carbocycles. The van der Waals surface area contributed by atoms with Gasteiger partial charge in [-0.25, -0.2) is 0 Å². The fraction of sp³-hybridized carbons (Fsp3) is 0.176. The molecule has 1 heterocycles. The van der Waals surface area contributed by atoms with Gasteiger partial charge < -0.3 is 4.74 Å². The molecule has 0 aliphatic carbocycles. The molecular formula is C17H15ClO. The van der Waals surface area contributed by atoms with Gasteiger partial charge in [0.2, 0.25) is 0 Å². The molecule has 0 aromatic heterocycles. The standard InChI is InChI=1S/C17H15ClO/c1-12-11-16(13-7-9-15(18)10-8-13)17(19-12)14-5-3-2-4-6-14/h2-11,16-17H,1H3/t16-,17-/m0/s1. The Morgan fingerprint density at radius 1 is 0.895 bits per heavy atom. The number of halogens is 1. The van der Waals surface area contributed by atoms with Crippen LogP contribution in [0.4, 0.5) is 0 Å². The van der Waals surface area contributed by atoms with Crippen molar-refractivity contribution in [2.75, 3.05) is 0 Å². The number of hydrogen-bond acceptors (Lipinski definition) is 1. The largest absolute Gasteiger partial charge is 0.490 e. The Labute approximate surface area is 118 Å². The highest BCUT2D eigenvalue weighted by molar-refractivity contribution is 6.30. The Morgan fingerprint density at radius 2 is 1.58 bits per heavy atom. The van der Waals surface area contributed by atoms with Crippen molar-refractivity contribution in [1.29, 1.82) is 0 Å². The Balaban J connectivity index is 1.96. The van der Waals surface area contributed by atoms with E-state index in [9.17, 15) is 0 Å². The molecule has 0 N–H and O–H groups in total. The lowest BCUT2D eigenvalue weighted by Gasteiger charge is -2.20. The first-order valence-corrected chi connectivity index (χ1v) is 6.77. The quantitative estimate of drug-likeness (QED) is 0.738. The summed E-state index contributed by atoms with van der Waals surface area (Å²) in [6, 6.07) is 18.3. The van der Waals surface area contributed by atoms with Crippen molar-refractivity contribution in [3.63, 3.8) is 0 Å². The molecule has 0 spiro atoms. The number of allylic oxidation sites excluding steroid dienone is 1. The van der Waals surface area contributed by atoms with E-state index in [4.69, 9.17) is 16.3 Å². The zero-order valence-electron chi connectivity index (χ0n) is 10.7. The predicted molar refractivity (Wildman–Crippen MR) is 78.2 cm³/mol. The van der Waals surface area contributed by atoms with Crippen molar-refractivity contribution >= 4 is 11.6 Å². The van der Waals surface area contributed by atoms with Crippen LogP contribution in [0.1, 0.15) is 30.1 Å². The smallest absolute Gasteiger partial charge is 0.134 e. The van der Waals surface area contributed by atoms with Crippen LogP contribution in [-0.2, 0) is 4.74 Å². The van der Waals surface area contributed by atoms with Crippen LogP contribution in [0.2, 0.25) is 5.02 Å². The van der Waals surface area contributed by atoms with Crippen LogP contribution in [0.5, 0.6) is 0 Å². The van der Waals surface area contributed by atoms with Gasteiger partial charge in [0, 0.05) is 10.9 Å². The molecule has 1 aliphatic rings. The third-order valence-corrected chi connectivity index (χ3v) is 3.69. The fourth-order valence-corrected chi connectivity index (χ4v) is 2.65. The lowest BCUT2D eigenvalue weighted by Crippen LogP contribution is -2.06. The average Bonchev–Trinajstić information content (AvgIpc) is 2.83. The number of rotatable bonds is 2. The number of ether oxygens (including phenoxy) is 1. The summed E-state index contributed by atoms with van der Waals surface area (Å²) < 4.78 is 5.97. The van der Waals surface area contributed by atoms with Gasteiger partial charge in [-0.2, -0.15) is 0 Å². The third-order valence-electron chi connectivity index (χ3n) is 3.44. The van der Waals surface area contributed by atoms with Crippen molar-refractivity contribution in [2.45, 2.75) is 18.9 Å². The van der Waals surface area contributed by atoms with Gasteiger partial charge in [0.1, 0.15) is 6.10 Å². The zero-order valence-corrected chi connectivity index (χ0v) is 11.5. The first-order valence-electron chi connectivity index (χ1n) is 6.39. The Kier molecular flexibility index (Phi) is 3.31. The van der Waals surface area contributed by atoms with Gasteiger partial charge in [0.05, 0.1) is 5.76 Å². The minimum Gasteiger partial charge on any atom is -0.490 e. The first-order chi connectivity index (χ1) is 9.24. The van der Waals surface area contributed by atoms with E-state index in [1.807, 2.05) is 37.3 Å². The molecule has 96 valence electrons. The highest BCUT2D eigenvalue weighted by atomic mass is 35.5. The Hall–Kier alpha value is -1.73. The number of hydrogen-bond donors (Lipinski definition) is 0. The van der Waals surface area contributed by atoms with E-state index in [0.717, 1.165) is 10.8 Å². The maximum atomic E-state index is 5.97. The molecule has 0 unspecified atom stereocenters. The molecule has 3 rings (SSSR count). The van der Waals surface area contributed by atoms with Crippen LogP contribution in [0, 0.1) is 0 Å². The van der Waals surface area contributed by atoms with E-state index in [2.05, 4.69) is 30.3 Å². The molecule has 1 aliphatic heterocycles. The molecule has 2 atom stereocenters. The van der Waals surface area contributed by atoms with Gasteiger partial charge in [-0.15, -0.1) is 0 Å². The summed E-state index contributed by atoms with van der Waals surface area (Å²) in [5, 5.41) is 0.764. The number of benzene rings is 2. The highest BCUT2D eigenvalue weighted by Gasteiger charge is 2.30. The summed E-state index contributed by atoms with van der Waals surface area (Å²) in [4.78, 5) is 0. The summed E-state index contributed by atoms with van der Waals surface area (Å²) in [6.45, 7) is 2.01. The monoisotopic (exact) mass is 270 g/mol. The van der Waals surface area contributed by atoms with Crippen LogP contribution >= 0.6 is 11.6 Å². The molecule has 19 heavy (non-hydrogen) atoms. The van der Waals surface area contributed by atoms with Gasteiger partial charge in [-0.05, 0) is 36.3 Å². The van der Waals surface area contributed by atoms with E-state index in [0.29, 0.717) is 0 Å². The molecule has 0 saturated heterocycles. The summed E-state index contributed by atoms with van der Waals surface area (Å²) in [6.07, 6.45) is 2.24. The highest BCUT2D eigenvalue weighted by Crippen LogP contribution is 2.42. The molecule has 2 heteroatoms. The lowest BCUT2D eigenvalue weighted by molar-refractivity contribution is 0.134. The van der Waals surface area contributed by atoms with Crippen molar-refractivity contribution in [3.8, 4) is 0 Å². The van der Waals surface area contributed by atoms with E-state index in [1.54, 1.807) is 0 Å². The topological polar surface area (TPSA) is 9.23 Å². The van der Waals surface area contributed by atoms with E-state index in [-0.39, 0.29) is 12.0 Å². The summed E-state index contributed by atoms with van der Waals surface area (Å²) in [5.74, 6) is 1.23. The van der Waals surface area contributed by atoms with E-state index < -0.39 is 0 Å². The second-order valence-electron chi connectivity index (χ2n) is 4.80. The first kappa shape index (κ1) is 12.3. The van der Waals surface area contributed by atoms with Gasteiger partial charge in [0.15, 0.2) is 0 Å². The second-order valence-corrected chi connectivity index (χ2v) is 5.24. The van der Waals surface area contributed by atoms with Gasteiger partial charge in [-0.3, -0.25) is 0 Å². The summed E-state index contributed by atoms with van der Waals surface area (Å²) >= 11 is 5.95. The Bertz CT molecular complexity index is 586. The van der Waals surface area contributed by atoms with Crippen LogP contribution in [0.3, 0.4) is 0 Å². The maximum Gasteiger partial charge on any atom is 0.134 e. The maximum absolute atomic E-state index is 5.97. The van der Waals surface area contributed by atoms with Crippen LogP contribution < -0.4 is 0 Å². The van der Waals surface area contributed by atoms with Crippen molar-refractivity contribution < 1.29 is 4.74 Å². The normalized spacial score (nSPS) is 21.9. The average molecular weight is 271 g/mol. The zero-order chi connectivity index (χ0) is 13.2.